The third kappa shape index (κ3) is 3.09. The molecule has 0 radical (unpaired) electrons. The summed E-state index contributed by atoms with van der Waals surface area (Å²) in [6, 6.07) is 9.85. The number of rotatable bonds is 5. The Hall–Kier alpha value is -2.70. The maximum atomic E-state index is 5.82. The zero-order valence-corrected chi connectivity index (χ0v) is 14.7. The molecular weight excluding hydrogens is 328 g/mol. The first-order valence-corrected chi connectivity index (χ1v) is 9.38. The smallest absolute Gasteiger partial charge is 0.213 e. The average molecular weight is 350 g/mol. The standard InChI is InChI=1S/C19H22N6O/c1-2-10-20-18(3-1)26-13-14-8-11-24(12-9-14)17-7-6-16-21-22-19(15-4-5-15)25(16)23-17/h1-3,6-7,10,14-15H,4-5,8-9,11-13H2. The van der Waals surface area contributed by atoms with E-state index in [0.717, 1.165) is 49.8 Å². The summed E-state index contributed by atoms with van der Waals surface area (Å²) in [6.07, 6.45) is 6.37. The lowest BCUT2D eigenvalue weighted by molar-refractivity contribution is 0.216. The lowest BCUT2D eigenvalue weighted by Crippen LogP contribution is -2.36. The topological polar surface area (TPSA) is 68.4 Å². The van der Waals surface area contributed by atoms with E-state index in [1.807, 2.05) is 28.8 Å². The summed E-state index contributed by atoms with van der Waals surface area (Å²) < 4.78 is 7.75. The van der Waals surface area contributed by atoms with Crippen LogP contribution in [0.25, 0.3) is 5.65 Å². The monoisotopic (exact) mass is 350 g/mol. The van der Waals surface area contributed by atoms with Crippen molar-refractivity contribution in [1.29, 1.82) is 0 Å². The van der Waals surface area contributed by atoms with E-state index < -0.39 is 0 Å². The van der Waals surface area contributed by atoms with Gasteiger partial charge in [-0.15, -0.1) is 15.3 Å². The third-order valence-electron chi connectivity index (χ3n) is 5.26. The molecule has 7 nitrogen and oxygen atoms in total. The number of hydrogen-bond acceptors (Lipinski definition) is 6. The molecule has 1 aliphatic carbocycles. The molecule has 2 fully saturated rings. The van der Waals surface area contributed by atoms with Gasteiger partial charge in [0.1, 0.15) is 5.82 Å². The predicted molar refractivity (Wildman–Crippen MR) is 97.4 cm³/mol. The molecule has 0 amide bonds. The Morgan fingerprint density at radius 1 is 1.00 bits per heavy atom. The number of pyridine rings is 1. The second-order valence-corrected chi connectivity index (χ2v) is 7.20. The quantitative estimate of drug-likeness (QED) is 0.705. The molecule has 3 aromatic rings. The van der Waals surface area contributed by atoms with Crippen molar-refractivity contribution >= 4 is 11.5 Å². The van der Waals surface area contributed by atoms with Crippen molar-refractivity contribution in [1.82, 2.24) is 24.8 Å². The van der Waals surface area contributed by atoms with Gasteiger partial charge in [0.05, 0.1) is 6.61 Å². The van der Waals surface area contributed by atoms with Gasteiger partial charge in [0, 0.05) is 31.3 Å². The first-order valence-electron chi connectivity index (χ1n) is 9.38. The van der Waals surface area contributed by atoms with Gasteiger partial charge in [-0.2, -0.15) is 4.52 Å². The second kappa shape index (κ2) is 6.55. The van der Waals surface area contributed by atoms with Crippen LogP contribution < -0.4 is 9.64 Å². The summed E-state index contributed by atoms with van der Waals surface area (Å²) in [5.41, 5.74) is 0.842. The van der Waals surface area contributed by atoms with Gasteiger partial charge in [0.25, 0.3) is 0 Å². The Bertz CT molecular complexity index is 883. The summed E-state index contributed by atoms with van der Waals surface area (Å²) in [5, 5.41) is 13.4. The highest BCUT2D eigenvalue weighted by Gasteiger charge is 2.29. The van der Waals surface area contributed by atoms with Crippen molar-refractivity contribution in [3.05, 3.63) is 42.4 Å². The predicted octanol–water partition coefficient (Wildman–Crippen LogP) is 2.69. The van der Waals surface area contributed by atoms with Gasteiger partial charge in [-0.05, 0) is 49.8 Å². The van der Waals surface area contributed by atoms with Gasteiger partial charge < -0.3 is 9.64 Å². The Morgan fingerprint density at radius 2 is 1.88 bits per heavy atom. The lowest BCUT2D eigenvalue weighted by Gasteiger charge is -2.32. The van der Waals surface area contributed by atoms with E-state index >= 15 is 0 Å². The van der Waals surface area contributed by atoms with Crippen LogP contribution >= 0.6 is 0 Å². The van der Waals surface area contributed by atoms with Gasteiger partial charge in [-0.1, -0.05) is 6.07 Å². The van der Waals surface area contributed by atoms with Crippen LogP contribution in [-0.2, 0) is 0 Å². The molecule has 26 heavy (non-hydrogen) atoms. The summed E-state index contributed by atoms with van der Waals surface area (Å²) in [5.74, 6) is 3.85. The van der Waals surface area contributed by atoms with Crippen molar-refractivity contribution in [2.24, 2.45) is 5.92 Å². The van der Waals surface area contributed by atoms with E-state index in [9.17, 15) is 0 Å². The fraction of sp³-hybridized carbons (Fsp3) is 0.474. The zero-order valence-electron chi connectivity index (χ0n) is 14.7. The van der Waals surface area contributed by atoms with Crippen LogP contribution in [0, 0.1) is 5.92 Å². The Balaban J connectivity index is 1.22. The average Bonchev–Trinajstić information content (AvgIpc) is 3.46. The van der Waals surface area contributed by atoms with Crippen LogP contribution in [0.1, 0.15) is 37.4 Å². The van der Waals surface area contributed by atoms with Crippen molar-refractivity contribution in [3.8, 4) is 5.88 Å². The highest BCUT2D eigenvalue weighted by molar-refractivity contribution is 5.46. The van der Waals surface area contributed by atoms with Crippen molar-refractivity contribution in [2.45, 2.75) is 31.6 Å². The molecule has 0 N–H and O–H groups in total. The molecule has 0 bridgehead atoms. The summed E-state index contributed by atoms with van der Waals surface area (Å²) >= 11 is 0. The first-order chi connectivity index (χ1) is 12.9. The van der Waals surface area contributed by atoms with Gasteiger partial charge in [-0.3, -0.25) is 0 Å². The Kier molecular flexibility index (Phi) is 3.92. The van der Waals surface area contributed by atoms with Gasteiger partial charge in [-0.25, -0.2) is 4.98 Å². The van der Waals surface area contributed by atoms with Crippen molar-refractivity contribution in [3.63, 3.8) is 0 Å². The van der Waals surface area contributed by atoms with E-state index in [1.165, 1.54) is 12.8 Å². The Labute approximate surface area is 152 Å². The highest BCUT2D eigenvalue weighted by Crippen LogP contribution is 2.38. The van der Waals surface area contributed by atoms with Gasteiger partial charge in [0.2, 0.25) is 5.88 Å². The zero-order chi connectivity index (χ0) is 17.3. The van der Waals surface area contributed by atoms with E-state index in [4.69, 9.17) is 9.84 Å². The molecule has 1 saturated carbocycles. The molecule has 7 heteroatoms. The number of aromatic nitrogens is 5. The fourth-order valence-corrected chi connectivity index (χ4v) is 3.52. The van der Waals surface area contributed by atoms with E-state index in [0.29, 0.717) is 17.7 Å². The lowest BCUT2D eigenvalue weighted by atomic mass is 9.98. The van der Waals surface area contributed by atoms with Crippen LogP contribution in [0.15, 0.2) is 36.5 Å². The molecule has 0 aromatic carbocycles. The SMILES string of the molecule is c1ccc(OCC2CCN(c3ccc4nnc(C5CC5)n4n3)CC2)nc1. The molecule has 1 aliphatic heterocycles. The number of ether oxygens (including phenoxy) is 1. The minimum Gasteiger partial charge on any atom is -0.477 e. The van der Waals surface area contributed by atoms with E-state index in [2.05, 4.69) is 26.1 Å². The number of anilines is 1. The van der Waals surface area contributed by atoms with E-state index in [1.54, 1.807) is 6.20 Å². The molecule has 5 rings (SSSR count). The fourth-order valence-electron chi connectivity index (χ4n) is 3.52. The summed E-state index contributed by atoms with van der Waals surface area (Å²) in [7, 11) is 0. The minimum absolute atomic E-state index is 0.544. The molecule has 1 saturated heterocycles. The second-order valence-electron chi connectivity index (χ2n) is 7.20. The normalized spacial score (nSPS) is 18.4. The summed E-state index contributed by atoms with van der Waals surface area (Å²) in [6.45, 7) is 2.72. The molecule has 3 aromatic heterocycles. The van der Waals surface area contributed by atoms with Crippen LogP contribution in [0.2, 0.25) is 0 Å². The number of nitrogens with zero attached hydrogens (tertiary/aromatic N) is 6. The highest BCUT2D eigenvalue weighted by atomic mass is 16.5. The van der Waals surface area contributed by atoms with Crippen LogP contribution in [0.4, 0.5) is 5.82 Å². The maximum Gasteiger partial charge on any atom is 0.213 e. The molecule has 2 aliphatic rings. The van der Waals surface area contributed by atoms with E-state index in [-0.39, 0.29) is 0 Å². The van der Waals surface area contributed by atoms with Crippen molar-refractivity contribution < 1.29 is 4.74 Å². The first kappa shape index (κ1) is 15.5. The molecule has 0 atom stereocenters. The summed E-state index contributed by atoms with van der Waals surface area (Å²) in [4.78, 5) is 6.57. The third-order valence-corrected chi connectivity index (χ3v) is 5.26. The maximum absolute atomic E-state index is 5.82. The molecule has 134 valence electrons. The number of piperidine rings is 1. The molecule has 4 heterocycles. The van der Waals surface area contributed by atoms with Crippen molar-refractivity contribution in [2.75, 3.05) is 24.6 Å². The number of hydrogen-bond donors (Lipinski definition) is 0. The number of fused-ring (bicyclic) bond motifs is 1. The van der Waals surface area contributed by atoms with Crippen LogP contribution in [-0.4, -0.2) is 44.5 Å². The van der Waals surface area contributed by atoms with Crippen LogP contribution in [0.3, 0.4) is 0 Å². The van der Waals surface area contributed by atoms with Gasteiger partial charge in [0.15, 0.2) is 11.5 Å². The largest absolute Gasteiger partial charge is 0.477 e. The molecular formula is C19H22N6O. The minimum atomic E-state index is 0.544. The molecule has 0 unspecified atom stereocenters. The Morgan fingerprint density at radius 3 is 2.65 bits per heavy atom. The molecule has 0 spiro atoms. The van der Waals surface area contributed by atoms with Crippen LogP contribution in [0.5, 0.6) is 5.88 Å². The van der Waals surface area contributed by atoms with Gasteiger partial charge >= 0.3 is 0 Å².